The third kappa shape index (κ3) is 4.33. The molecule has 48 heavy (non-hydrogen) atoms. The highest BCUT2D eigenvalue weighted by molar-refractivity contribution is 6.22. The van der Waals surface area contributed by atoms with Crippen LogP contribution in [0.5, 0.6) is 0 Å². The molecule has 0 fully saturated rings. The van der Waals surface area contributed by atoms with Crippen molar-refractivity contribution in [2.24, 2.45) is 0 Å². The van der Waals surface area contributed by atoms with Crippen LogP contribution in [0, 0.1) is 6.92 Å². The van der Waals surface area contributed by atoms with Crippen LogP contribution >= 0.6 is 0 Å². The van der Waals surface area contributed by atoms with Crippen LogP contribution < -0.4 is 0 Å². The summed E-state index contributed by atoms with van der Waals surface area (Å²) in [5, 5.41) is 4.83. The molecule has 0 N–H and O–H groups in total. The summed E-state index contributed by atoms with van der Waals surface area (Å²) >= 11 is 0. The summed E-state index contributed by atoms with van der Waals surface area (Å²) < 4.78 is 0. The van der Waals surface area contributed by atoms with E-state index >= 15 is 0 Å². The highest BCUT2D eigenvalue weighted by atomic mass is 14.9. The summed E-state index contributed by atoms with van der Waals surface area (Å²) in [6, 6.07) is 54.5. The Bertz CT molecular complexity index is 2470. The van der Waals surface area contributed by atoms with Gasteiger partial charge < -0.3 is 0 Å². The second-order valence-electron chi connectivity index (χ2n) is 13.4. The Hall–Kier alpha value is -5.86. The van der Waals surface area contributed by atoms with Crippen molar-refractivity contribution in [3.05, 3.63) is 168 Å². The van der Waals surface area contributed by atoms with Crippen LogP contribution in [0.3, 0.4) is 0 Å². The number of hydrogen-bond acceptors (Lipinski definition) is 2. The summed E-state index contributed by atoms with van der Waals surface area (Å²) in [5.41, 5.74) is 14.2. The van der Waals surface area contributed by atoms with Gasteiger partial charge in [0.2, 0.25) is 0 Å². The average Bonchev–Trinajstić information content (AvgIpc) is 3.37. The zero-order valence-corrected chi connectivity index (χ0v) is 27.3. The first-order valence-electron chi connectivity index (χ1n) is 16.7. The fourth-order valence-corrected chi connectivity index (χ4v) is 7.87. The average molecular weight is 615 g/mol. The highest BCUT2D eigenvalue weighted by Crippen LogP contribution is 2.54. The van der Waals surface area contributed by atoms with Gasteiger partial charge in [-0.25, -0.2) is 9.97 Å². The van der Waals surface area contributed by atoms with Crippen molar-refractivity contribution in [2.75, 3.05) is 0 Å². The van der Waals surface area contributed by atoms with Gasteiger partial charge in [-0.15, -0.1) is 0 Å². The largest absolute Gasteiger partial charge is 0.228 e. The van der Waals surface area contributed by atoms with E-state index in [1.807, 2.05) is 24.3 Å². The Balaban J connectivity index is 1.40. The van der Waals surface area contributed by atoms with E-state index in [9.17, 15) is 0 Å². The molecule has 0 unspecified atom stereocenters. The Morgan fingerprint density at radius 1 is 0.417 bits per heavy atom. The number of aromatic nitrogens is 2. The fraction of sp³-hybridized carbons (Fsp3) is 0.0870. The molecule has 0 saturated carbocycles. The molecular weight excluding hydrogens is 581 g/mol. The summed E-state index contributed by atoms with van der Waals surface area (Å²) in [6.45, 7) is 6.90. The van der Waals surface area contributed by atoms with Crippen molar-refractivity contribution in [2.45, 2.75) is 26.2 Å². The zero-order valence-electron chi connectivity index (χ0n) is 27.3. The van der Waals surface area contributed by atoms with E-state index in [-0.39, 0.29) is 5.41 Å². The molecule has 2 nitrogen and oxygen atoms in total. The van der Waals surface area contributed by atoms with E-state index < -0.39 is 0 Å². The summed E-state index contributed by atoms with van der Waals surface area (Å²) in [6.07, 6.45) is 0. The van der Waals surface area contributed by atoms with Crippen LogP contribution in [0.2, 0.25) is 0 Å². The van der Waals surface area contributed by atoms with E-state index in [1.165, 1.54) is 60.5 Å². The number of rotatable bonds is 4. The molecule has 0 atom stereocenters. The van der Waals surface area contributed by atoms with Gasteiger partial charge in [0.25, 0.3) is 0 Å². The molecule has 0 amide bonds. The first-order valence-corrected chi connectivity index (χ1v) is 16.7. The smallest absolute Gasteiger partial charge is 0.160 e. The maximum absolute atomic E-state index is 5.32. The highest BCUT2D eigenvalue weighted by Gasteiger charge is 2.37. The summed E-state index contributed by atoms with van der Waals surface area (Å²) in [4.78, 5) is 10.4. The van der Waals surface area contributed by atoms with E-state index in [2.05, 4.69) is 148 Å². The molecule has 1 aliphatic rings. The zero-order chi connectivity index (χ0) is 32.4. The van der Waals surface area contributed by atoms with Crippen LogP contribution in [-0.2, 0) is 5.41 Å². The number of aryl methyl sites for hydroxylation is 1. The Morgan fingerprint density at radius 3 is 1.77 bits per heavy atom. The van der Waals surface area contributed by atoms with Gasteiger partial charge in [-0.2, -0.15) is 0 Å². The Labute approximate surface area is 281 Å². The molecule has 2 heteroatoms. The van der Waals surface area contributed by atoms with Crippen molar-refractivity contribution in [1.29, 1.82) is 0 Å². The molecule has 9 rings (SSSR count). The predicted molar refractivity (Wildman–Crippen MR) is 201 cm³/mol. The van der Waals surface area contributed by atoms with Gasteiger partial charge in [0, 0.05) is 22.1 Å². The SMILES string of the molecule is Cc1ccc2c(-c3cc(-c4ccccc4)nc(-c4ccccc4)n3)c3ccccc3c(-c3cccc4c3-c3ccccc3C4(C)C)c2c1. The molecule has 0 bridgehead atoms. The standard InChI is InChI=1S/C46H34N2/c1-29-25-26-34-37(27-29)42(36-22-14-24-39-43(36)35-21-12-13-23-38(35)46(39,2)3)32-19-10-11-20-33(32)44(34)41-28-40(30-15-6-4-7-16-30)47-45(48-41)31-17-8-5-9-18-31/h4-28H,1-3H3. The normalized spacial score (nSPS) is 13.1. The van der Waals surface area contributed by atoms with Gasteiger partial charge in [-0.3, -0.25) is 0 Å². The van der Waals surface area contributed by atoms with Gasteiger partial charge in [-0.1, -0.05) is 165 Å². The summed E-state index contributed by atoms with van der Waals surface area (Å²) in [7, 11) is 0. The van der Waals surface area contributed by atoms with Gasteiger partial charge in [0.15, 0.2) is 5.82 Å². The molecule has 0 aliphatic heterocycles. The van der Waals surface area contributed by atoms with Crippen molar-refractivity contribution in [1.82, 2.24) is 9.97 Å². The lowest BCUT2D eigenvalue weighted by molar-refractivity contribution is 0.660. The van der Waals surface area contributed by atoms with Crippen molar-refractivity contribution < 1.29 is 0 Å². The first kappa shape index (κ1) is 28.4. The fourth-order valence-electron chi connectivity index (χ4n) is 7.87. The summed E-state index contributed by atoms with van der Waals surface area (Å²) in [5.74, 6) is 0.722. The van der Waals surface area contributed by atoms with Crippen LogP contribution in [0.25, 0.3) is 77.7 Å². The monoisotopic (exact) mass is 614 g/mol. The second-order valence-corrected chi connectivity index (χ2v) is 13.4. The molecule has 1 aromatic heterocycles. The number of hydrogen-bond donors (Lipinski definition) is 0. The molecule has 0 saturated heterocycles. The van der Waals surface area contributed by atoms with E-state index in [0.717, 1.165) is 33.9 Å². The maximum atomic E-state index is 5.32. The molecule has 7 aromatic carbocycles. The lowest BCUT2D eigenvalue weighted by Gasteiger charge is -2.23. The first-order chi connectivity index (χ1) is 23.5. The Morgan fingerprint density at radius 2 is 1.00 bits per heavy atom. The lowest BCUT2D eigenvalue weighted by Crippen LogP contribution is -2.14. The molecule has 0 radical (unpaired) electrons. The van der Waals surface area contributed by atoms with Crippen molar-refractivity contribution in [3.63, 3.8) is 0 Å². The minimum Gasteiger partial charge on any atom is -0.228 e. The van der Waals surface area contributed by atoms with Crippen molar-refractivity contribution >= 4 is 21.5 Å². The molecular formula is C46H34N2. The van der Waals surface area contributed by atoms with E-state index in [4.69, 9.17) is 9.97 Å². The van der Waals surface area contributed by atoms with E-state index in [1.54, 1.807) is 0 Å². The van der Waals surface area contributed by atoms with Gasteiger partial charge in [0.05, 0.1) is 11.4 Å². The van der Waals surface area contributed by atoms with E-state index in [0.29, 0.717) is 0 Å². The van der Waals surface area contributed by atoms with Gasteiger partial charge >= 0.3 is 0 Å². The molecule has 1 heterocycles. The van der Waals surface area contributed by atoms with Crippen molar-refractivity contribution in [3.8, 4) is 56.2 Å². The Kier molecular flexibility index (Phi) is 6.42. The molecule has 1 aliphatic carbocycles. The third-order valence-electron chi connectivity index (χ3n) is 10.1. The third-order valence-corrected chi connectivity index (χ3v) is 10.1. The predicted octanol–water partition coefficient (Wildman–Crippen LogP) is 12.1. The van der Waals surface area contributed by atoms with Crippen LogP contribution in [0.4, 0.5) is 0 Å². The van der Waals surface area contributed by atoms with Crippen LogP contribution in [0.15, 0.2) is 152 Å². The lowest BCUT2D eigenvalue weighted by atomic mass is 9.81. The number of fused-ring (bicyclic) bond motifs is 5. The van der Waals surface area contributed by atoms with Crippen LogP contribution in [0.1, 0.15) is 30.5 Å². The molecule has 0 spiro atoms. The number of benzene rings is 7. The minimum atomic E-state index is -0.0773. The van der Waals surface area contributed by atoms with Crippen LogP contribution in [-0.4, -0.2) is 9.97 Å². The second kappa shape index (κ2) is 10.9. The molecule has 228 valence electrons. The van der Waals surface area contributed by atoms with Gasteiger partial charge in [0.1, 0.15) is 0 Å². The molecule has 8 aromatic rings. The quantitative estimate of drug-likeness (QED) is 0.184. The maximum Gasteiger partial charge on any atom is 0.160 e. The number of nitrogens with zero attached hydrogens (tertiary/aromatic N) is 2. The minimum absolute atomic E-state index is 0.0773. The topological polar surface area (TPSA) is 25.8 Å². The van der Waals surface area contributed by atoms with Gasteiger partial charge in [-0.05, 0) is 67.9 Å².